The lowest BCUT2D eigenvalue weighted by Crippen LogP contribution is -2.01. The Balaban J connectivity index is 1.90. The van der Waals surface area contributed by atoms with Gasteiger partial charge in [-0.25, -0.2) is 0 Å². The zero-order valence-corrected chi connectivity index (χ0v) is 13.3. The fourth-order valence-electron chi connectivity index (χ4n) is 2.41. The fourth-order valence-corrected chi connectivity index (χ4v) is 2.85. The van der Waals surface area contributed by atoms with Crippen molar-refractivity contribution in [3.05, 3.63) is 63.3 Å². The minimum Gasteiger partial charge on any atom is -0.461 e. The van der Waals surface area contributed by atoms with E-state index in [0.717, 1.165) is 33.5 Å². The quantitative estimate of drug-likeness (QED) is 0.643. The summed E-state index contributed by atoms with van der Waals surface area (Å²) in [6.45, 7) is 4.55. The molecule has 3 rings (SSSR count). The molecule has 1 N–H and O–H groups in total. The van der Waals surface area contributed by atoms with Crippen LogP contribution in [0.4, 0.5) is 5.69 Å². The summed E-state index contributed by atoms with van der Waals surface area (Å²) < 4.78 is 5.76. The van der Waals surface area contributed by atoms with Gasteiger partial charge in [0.25, 0.3) is 0 Å². The fraction of sp³-hybridized carbons (Fsp3) is 0.176. The van der Waals surface area contributed by atoms with Crippen molar-refractivity contribution in [3.63, 3.8) is 0 Å². The van der Waals surface area contributed by atoms with Gasteiger partial charge in [-0.15, -0.1) is 0 Å². The largest absolute Gasteiger partial charge is 0.461 e. The lowest BCUT2D eigenvalue weighted by molar-refractivity contribution is 0.573. The Hall–Kier alpha value is -1.64. The Kier molecular flexibility index (Phi) is 3.83. The highest BCUT2D eigenvalue weighted by atomic mass is 35.5. The third-order valence-electron chi connectivity index (χ3n) is 3.60. The number of anilines is 1. The van der Waals surface area contributed by atoms with E-state index >= 15 is 0 Å². The number of rotatable bonds is 3. The number of hydrogen-bond acceptors (Lipinski definition) is 2. The highest BCUT2D eigenvalue weighted by molar-refractivity contribution is 6.35. The number of halogens is 2. The molecule has 0 aliphatic carbocycles. The predicted octanol–water partition coefficient (Wildman–Crippen LogP) is 5.97. The van der Waals surface area contributed by atoms with E-state index in [-0.39, 0.29) is 0 Å². The first-order valence-electron chi connectivity index (χ1n) is 6.73. The molecule has 0 saturated carbocycles. The zero-order valence-electron chi connectivity index (χ0n) is 11.8. The van der Waals surface area contributed by atoms with E-state index in [0.29, 0.717) is 16.6 Å². The first-order chi connectivity index (χ1) is 10.1. The average molecular weight is 320 g/mol. The second-order valence-corrected chi connectivity index (χ2v) is 5.88. The summed E-state index contributed by atoms with van der Waals surface area (Å²) in [4.78, 5) is 0. The third kappa shape index (κ3) is 2.74. The van der Waals surface area contributed by atoms with Crippen LogP contribution in [-0.2, 0) is 6.54 Å². The molecule has 2 nitrogen and oxygen atoms in total. The molecule has 0 amide bonds. The van der Waals surface area contributed by atoms with Crippen molar-refractivity contribution in [1.82, 2.24) is 0 Å². The summed E-state index contributed by atoms with van der Waals surface area (Å²) >= 11 is 12.4. The molecule has 0 fully saturated rings. The number of nitrogens with one attached hydrogen (secondary N) is 1. The van der Waals surface area contributed by atoms with E-state index in [1.54, 1.807) is 0 Å². The number of para-hydroxylation sites is 1. The van der Waals surface area contributed by atoms with E-state index in [2.05, 4.69) is 11.4 Å². The van der Waals surface area contributed by atoms with E-state index in [1.165, 1.54) is 0 Å². The summed E-state index contributed by atoms with van der Waals surface area (Å²) in [5.41, 5.74) is 3.84. The van der Waals surface area contributed by atoms with Gasteiger partial charge < -0.3 is 9.73 Å². The second-order valence-electron chi connectivity index (χ2n) is 5.07. The maximum Gasteiger partial charge on any atom is 0.134 e. The van der Waals surface area contributed by atoms with Gasteiger partial charge in [0.1, 0.15) is 11.3 Å². The highest BCUT2D eigenvalue weighted by Gasteiger charge is 2.11. The van der Waals surface area contributed by atoms with Gasteiger partial charge in [0.05, 0.1) is 10.7 Å². The Morgan fingerprint density at radius 2 is 1.81 bits per heavy atom. The Morgan fingerprint density at radius 3 is 2.62 bits per heavy atom. The van der Waals surface area contributed by atoms with Gasteiger partial charge in [-0.1, -0.05) is 41.4 Å². The first kappa shape index (κ1) is 14.3. The molecule has 1 heterocycles. The molecule has 0 saturated heterocycles. The normalized spacial score (nSPS) is 11.0. The van der Waals surface area contributed by atoms with E-state index in [9.17, 15) is 0 Å². The molecule has 21 heavy (non-hydrogen) atoms. The molecule has 0 aliphatic rings. The van der Waals surface area contributed by atoms with Crippen molar-refractivity contribution < 1.29 is 4.42 Å². The van der Waals surface area contributed by atoms with Gasteiger partial charge in [0, 0.05) is 22.5 Å². The standard InChI is InChI=1S/C17H15Cl2NO/c1-10-7-15(19)16(8-14(10)18)20-9-13-11(2)21-17-6-4-3-5-12(13)17/h3-8,20H,9H2,1-2H3. The van der Waals surface area contributed by atoms with Crippen LogP contribution in [0.5, 0.6) is 0 Å². The van der Waals surface area contributed by atoms with Crippen LogP contribution in [0.1, 0.15) is 16.9 Å². The maximum absolute atomic E-state index is 6.26. The van der Waals surface area contributed by atoms with Gasteiger partial charge >= 0.3 is 0 Å². The summed E-state index contributed by atoms with van der Waals surface area (Å²) in [5, 5.41) is 5.84. The van der Waals surface area contributed by atoms with Crippen LogP contribution < -0.4 is 5.32 Å². The molecule has 3 aromatic rings. The van der Waals surface area contributed by atoms with Crippen molar-refractivity contribution >= 4 is 39.9 Å². The molecule has 0 bridgehead atoms. The van der Waals surface area contributed by atoms with Crippen LogP contribution in [0.2, 0.25) is 10.0 Å². The Labute approximate surface area is 133 Å². The molecular weight excluding hydrogens is 305 g/mol. The Bertz CT molecular complexity index is 808. The molecule has 108 valence electrons. The monoisotopic (exact) mass is 319 g/mol. The van der Waals surface area contributed by atoms with Crippen LogP contribution in [0, 0.1) is 13.8 Å². The average Bonchev–Trinajstić information content (AvgIpc) is 2.77. The molecule has 0 aliphatic heterocycles. The van der Waals surface area contributed by atoms with Gasteiger partial charge in [-0.3, -0.25) is 0 Å². The topological polar surface area (TPSA) is 25.2 Å². The van der Waals surface area contributed by atoms with E-state index in [1.807, 2.05) is 44.2 Å². The molecule has 0 radical (unpaired) electrons. The molecule has 1 aromatic heterocycles. The van der Waals surface area contributed by atoms with Crippen molar-refractivity contribution in [3.8, 4) is 0 Å². The third-order valence-corrected chi connectivity index (χ3v) is 4.32. The SMILES string of the molecule is Cc1cc(Cl)c(NCc2c(C)oc3ccccc23)cc1Cl. The minimum atomic E-state index is 0.641. The molecule has 2 aromatic carbocycles. The van der Waals surface area contributed by atoms with Gasteiger partial charge in [-0.2, -0.15) is 0 Å². The van der Waals surface area contributed by atoms with Crippen LogP contribution in [0.15, 0.2) is 40.8 Å². The maximum atomic E-state index is 6.26. The van der Waals surface area contributed by atoms with Crippen molar-refractivity contribution in [2.24, 2.45) is 0 Å². The summed E-state index contributed by atoms with van der Waals surface area (Å²) in [6.07, 6.45) is 0. The number of fused-ring (bicyclic) bond motifs is 1. The highest BCUT2D eigenvalue weighted by Crippen LogP contribution is 2.31. The Morgan fingerprint density at radius 1 is 1.05 bits per heavy atom. The second kappa shape index (κ2) is 5.63. The van der Waals surface area contributed by atoms with Crippen molar-refractivity contribution in [2.45, 2.75) is 20.4 Å². The van der Waals surface area contributed by atoms with E-state index in [4.69, 9.17) is 27.6 Å². The van der Waals surface area contributed by atoms with Crippen LogP contribution in [0.3, 0.4) is 0 Å². The summed E-state index contributed by atoms with van der Waals surface area (Å²) in [7, 11) is 0. The van der Waals surface area contributed by atoms with Gasteiger partial charge in [0.2, 0.25) is 0 Å². The van der Waals surface area contributed by atoms with Crippen molar-refractivity contribution in [2.75, 3.05) is 5.32 Å². The van der Waals surface area contributed by atoms with Crippen LogP contribution in [-0.4, -0.2) is 0 Å². The van der Waals surface area contributed by atoms with Crippen molar-refractivity contribution in [1.29, 1.82) is 0 Å². The molecule has 0 unspecified atom stereocenters. The zero-order chi connectivity index (χ0) is 15.0. The first-order valence-corrected chi connectivity index (χ1v) is 7.48. The molecule has 0 spiro atoms. The lowest BCUT2D eigenvalue weighted by Gasteiger charge is -2.10. The minimum absolute atomic E-state index is 0.641. The lowest BCUT2D eigenvalue weighted by atomic mass is 10.1. The number of furan rings is 1. The number of hydrogen-bond donors (Lipinski definition) is 1. The van der Waals surface area contributed by atoms with E-state index < -0.39 is 0 Å². The van der Waals surface area contributed by atoms with Crippen LogP contribution >= 0.6 is 23.2 Å². The summed E-state index contributed by atoms with van der Waals surface area (Å²) in [5.74, 6) is 0.915. The molecule has 0 atom stereocenters. The number of benzene rings is 2. The molecule has 4 heteroatoms. The smallest absolute Gasteiger partial charge is 0.134 e. The summed E-state index contributed by atoms with van der Waals surface area (Å²) in [6, 6.07) is 11.7. The van der Waals surface area contributed by atoms with Crippen LogP contribution in [0.25, 0.3) is 11.0 Å². The van der Waals surface area contributed by atoms with Gasteiger partial charge in [-0.05, 0) is 37.6 Å². The van der Waals surface area contributed by atoms with Gasteiger partial charge in [0.15, 0.2) is 0 Å². The molecular formula is C17H15Cl2NO. The number of aryl methyl sites for hydroxylation is 2. The predicted molar refractivity (Wildman–Crippen MR) is 89.5 cm³/mol.